The zero-order chi connectivity index (χ0) is 28.7. The van der Waals surface area contributed by atoms with E-state index in [0.29, 0.717) is 58.4 Å². The Kier molecular flexibility index (Phi) is 18.4. The molecular weight excluding hydrogens is 500 g/mol. The number of nitrogens with zero attached hydrogens (tertiary/aromatic N) is 1. The highest BCUT2D eigenvalue weighted by Gasteiger charge is 2.15. The third kappa shape index (κ3) is 15.5. The number of nitrogens with one attached hydrogen (secondary N) is 3. The van der Waals surface area contributed by atoms with Crippen LogP contribution in [0.1, 0.15) is 55.3 Å². The second-order valence-electron chi connectivity index (χ2n) is 8.74. The van der Waals surface area contributed by atoms with E-state index in [2.05, 4.69) is 40.7 Å². The summed E-state index contributed by atoms with van der Waals surface area (Å²) < 4.78 is 18.0. The van der Waals surface area contributed by atoms with Crippen molar-refractivity contribution in [1.82, 2.24) is 20.9 Å². The molecule has 0 radical (unpaired) electrons. The van der Waals surface area contributed by atoms with Gasteiger partial charge >= 0.3 is 0 Å². The van der Waals surface area contributed by atoms with Gasteiger partial charge in [0, 0.05) is 50.2 Å². The molecule has 0 aliphatic rings. The van der Waals surface area contributed by atoms with E-state index < -0.39 is 0 Å². The van der Waals surface area contributed by atoms with Crippen molar-refractivity contribution in [3.8, 4) is 5.75 Å². The average Bonchev–Trinajstić information content (AvgIpc) is 2.94. The summed E-state index contributed by atoms with van der Waals surface area (Å²) in [7, 11) is 0. The van der Waals surface area contributed by atoms with Crippen molar-refractivity contribution in [3.63, 3.8) is 0 Å². The molecule has 0 spiro atoms. The number of hydrogen-bond donors (Lipinski definition) is 3. The first-order valence-corrected chi connectivity index (χ1v) is 13.4. The van der Waals surface area contributed by atoms with Crippen LogP contribution in [0.3, 0.4) is 0 Å². The number of ether oxygens (including phenoxy) is 3. The Bertz CT molecular complexity index is 935. The molecular formula is C29H44N4O6. The first-order chi connectivity index (χ1) is 18.9. The SMILES string of the molecule is C=CC(=O)NCCCCOCc1cnc(C)c(OCCCCNC(=O)C=C)c1COCCCCNC(=O)C=C. The monoisotopic (exact) mass is 544 g/mol. The normalized spacial score (nSPS) is 10.4. The average molecular weight is 545 g/mol. The highest BCUT2D eigenvalue weighted by Crippen LogP contribution is 2.27. The van der Waals surface area contributed by atoms with Crippen molar-refractivity contribution in [2.75, 3.05) is 39.5 Å². The lowest BCUT2D eigenvalue weighted by Gasteiger charge is -2.18. The quantitative estimate of drug-likeness (QED) is 0.143. The van der Waals surface area contributed by atoms with E-state index in [1.807, 2.05) is 6.92 Å². The Hall–Kier alpha value is -3.50. The molecule has 1 aromatic heterocycles. The van der Waals surface area contributed by atoms with E-state index in [1.54, 1.807) is 6.20 Å². The first-order valence-electron chi connectivity index (χ1n) is 13.4. The third-order valence-electron chi connectivity index (χ3n) is 5.61. The summed E-state index contributed by atoms with van der Waals surface area (Å²) in [6.07, 6.45) is 10.3. The van der Waals surface area contributed by atoms with Crippen molar-refractivity contribution in [2.45, 2.75) is 58.7 Å². The standard InChI is InChI=1S/C29H44N4O6/c1-5-26(34)30-14-8-11-17-37-21-24-20-33-23(4)29(39-19-13-10-16-32-28(36)7-3)25(24)22-38-18-12-9-15-31-27(35)6-2/h5-7,20H,1-3,8-19,21-22H2,4H3,(H,30,34)(H,31,35)(H,32,36). The van der Waals surface area contributed by atoms with Gasteiger partial charge in [-0.2, -0.15) is 0 Å². The molecule has 10 nitrogen and oxygen atoms in total. The number of unbranched alkanes of at least 4 members (excludes halogenated alkanes) is 3. The lowest BCUT2D eigenvalue weighted by Crippen LogP contribution is -2.22. The van der Waals surface area contributed by atoms with Crippen LogP contribution in [0.15, 0.2) is 44.2 Å². The number of aryl methyl sites for hydroxylation is 1. The summed E-state index contributed by atoms with van der Waals surface area (Å²) in [5.74, 6) is 0.144. The van der Waals surface area contributed by atoms with Crippen LogP contribution in [0.5, 0.6) is 5.75 Å². The minimum atomic E-state index is -0.187. The molecule has 0 saturated carbocycles. The molecule has 0 atom stereocenters. The third-order valence-corrected chi connectivity index (χ3v) is 5.61. The summed E-state index contributed by atoms with van der Waals surface area (Å²) in [6.45, 7) is 16.2. The molecule has 39 heavy (non-hydrogen) atoms. The Balaban J connectivity index is 2.65. The van der Waals surface area contributed by atoms with Crippen LogP contribution in [0, 0.1) is 6.92 Å². The molecule has 0 fully saturated rings. The molecule has 3 N–H and O–H groups in total. The minimum absolute atomic E-state index is 0.179. The van der Waals surface area contributed by atoms with Crippen LogP contribution < -0.4 is 20.7 Å². The molecule has 0 saturated heterocycles. The van der Waals surface area contributed by atoms with Crippen LogP contribution >= 0.6 is 0 Å². The van der Waals surface area contributed by atoms with E-state index in [4.69, 9.17) is 14.2 Å². The molecule has 0 bridgehead atoms. The van der Waals surface area contributed by atoms with Gasteiger partial charge in [-0.05, 0) is 63.7 Å². The summed E-state index contributed by atoms with van der Waals surface area (Å²) in [6, 6.07) is 0. The van der Waals surface area contributed by atoms with Crippen molar-refractivity contribution in [1.29, 1.82) is 0 Å². The zero-order valence-electron chi connectivity index (χ0n) is 23.2. The molecule has 0 aliphatic heterocycles. The van der Waals surface area contributed by atoms with Gasteiger partial charge in [-0.3, -0.25) is 19.4 Å². The van der Waals surface area contributed by atoms with Crippen LogP contribution in [0.4, 0.5) is 0 Å². The lowest BCUT2D eigenvalue weighted by molar-refractivity contribution is -0.117. The van der Waals surface area contributed by atoms with Gasteiger partial charge in [-0.25, -0.2) is 0 Å². The lowest BCUT2D eigenvalue weighted by atomic mass is 10.1. The van der Waals surface area contributed by atoms with Gasteiger partial charge in [0.05, 0.1) is 25.5 Å². The van der Waals surface area contributed by atoms with Crippen molar-refractivity contribution >= 4 is 17.7 Å². The Labute approximate surface area is 232 Å². The number of amides is 3. The number of carbonyl (C=O) groups excluding carboxylic acids is 3. The smallest absolute Gasteiger partial charge is 0.243 e. The molecule has 216 valence electrons. The van der Waals surface area contributed by atoms with Crippen LogP contribution in [-0.4, -0.2) is 62.2 Å². The van der Waals surface area contributed by atoms with Gasteiger partial charge in [-0.1, -0.05) is 19.7 Å². The fraction of sp³-hybridized carbons (Fsp3) is 0.517. The largest absolute Gasteiger partial charge is 0.491 e. The number of aromatic nitrogens is 1. The van der Waals surface area contributed by atoms with Gasteiger partial charge in [-0.15, -0.1) is 0 Å². The van der Waals surface area contributed by atoms with Gasteiger partial charge in [0.15, 0.2) is 0 Å². The number of carbonyl (C=O) groups is 3. The number of hydrogen-bond acceptors (Lipinski definition) is 7. The van der Waals surface area contributed by atoms with Crippen molar-refractivity contribution < 1.29 is 28.6 Å². The molecule has 0 aliphatic carbocycles. The molecule has 1 rings (SSSR count). The second-order valence-corrected chi connectivity index (χ2v) is 8.74. The molecule has 10 heteroatoms. The maximum absolute atomic E-state index is 11.3. The van der Waals surface area contributed by atoms with E-state index in [9.17, 15) is 14.4 Å². The highest BCUT2D eigenvalue weighted by atomic mass is 16.5. The maximum Gasteiger partial charge on any atom is 0.243 e. The molecule has 1 aromatic rings. The van der Waals surface area contributed by atoms with Crippen LogP contribution in [0.25, 0.3) is 0 Å². The van der Waals surface area contributed by atoms with E-state index in [0.717, 1.165) is 55.3 Å². The number of rotatable bonds is 23. The molecule has 0 unspecified atom stereocenters. The zero-order valence-corrected chi connectivity index (χ0v) is 23.2. The van der Waals surface area contributed by atoms with Crippen LogP contribution in [0.2, 0.25) is 0 Å². The number of pyridine rings is 1. The minimum Gasteiger partial charge on any atom is -0.491 e. The fourth-order valence-electron chi connectivity index (χ4n) is 3.42. The van der Waals surface area contributed by atoms with E-state index in [1.165, 1.54) is 18.2 Å². The van der Waals surface area contributed by atoms with E-state index >= 15 is 0 Å². The Morgan fingerprint density at radius 2 is 1.21 bits per heavy atom. The van der Waals surface area contributed by atoms with Crippen molar-refractivity contribution in [3.05, 3.63) is 61.0 Å². The van der Waals surface area contributed by atoms with Gasteiger partial charge in [0.25, 0.3) is 0 Å². The fourth-order valence-corrected chi connectivity index (χ4v) is 3.42. The topological polar surface area (TPSA) is 128 Å². The Morgan fingerprint density at radius 1 is 0.744 bits per heavy atom. The van der Waals surface area contributed by atoms with Crippen molar-refractivity contribution in [2.24, 2.45) is 0 Å². The van der Waals surface area contributed by atoms with Gasteiger partial charge in [0.1, 0.15) is 5.75 Å². The molecule has 1 heterocycles. The predicted molar refractivity (Wildman–Crippen MR) is 151 cm³/mol. The molecule has 3 amide bonds. The van der Waals surface area contributed by atoms with E-state index in [-0.39, 0.29) is 17.7 Å². The summed E-state index contributed by atoms with van der Waals surface area (Å²) in [5, 5.41) is 8.26. The second kappa shape index (κ2) is 21.4. The van der Waals surface area contributed by atoms with Crippen LogP contribution in [-0.2, 0) is 37.1 Å². The maximum atomic E-state index is 11.3. The summed E-state index contributed by atoms with van der Waals surface area (Å²) in [5.41, 5.74) is 2.56. The first kappa shape index (κ1) is 33.5. The summed E-state index contributed by atoms with van der Waals surface area (Å²) >= 11 is 0. The molecule has 0 aromatic carbocycles. The van der Waals surface area contributed by atoms with Gasteiger partial charge < -0.3 is 30.2 Å². The highest BCUT2D eigenvalue weighted by molar-refractivity contribution is 5.87. The summed E-state index contributed by atoms with van der Waals surface area (Å²) in [4.78, 5) is 38.3. The predicted octanol–water partition coefficient (Wildman–Crippen LogP) is 3.05. The van der Waals surface area contributed by atoms with Gasteiger partial charge in [0.2, 0.25) is 17.7 Å². The Morgan fingerprint density at radius 3 is 1.69 bits per heavy atom.